The predicted molar refractivity (Wildman–Crippen MR) is 143 cm³/mol. The molecular weight excluding hydrogens is 494 g/mol. The number of carbonyl (C=O) groups is 2. The summed E-state index contributed by atoms with van der Waals surface area (Å²) in [4.78, 5) is 28.5. The Morgan fingerprint density at radius 3 is 2.35 bits per heavy atom. The smallest absolute Gasteiger partial charge is 0.244 e. The van der Waals surface area contributed by atoms with Gasteiger partial charge in [-0.15, -0.1) is 0 Å². The van der Waals surface area contributed by atoms with Crippen LogP contribution >= 0.6 is 0 Å². The lowest BCUT2D eigenvalue weighted by atomic mass is 10.1. The highest BCUT2D eigenvalue weighted by molar-refractivity contribution is 7.92. The van der Waals surface area contributed by atoms with Crippen molar-refractivity contribution in [3.05, 3.63) is 53.6 Å². The summed E-state index contributed by atoms with van der Waals surface area (Å²) in [6, 6.07) is 11.6. The molecule has 1 N–H and O–H groups in total. The number of hydrogen-bond acceptors (Lipinski definition) is 6. The number of anilines is 1. The monoisotopic (exact) mass is 531 g/mol. The second-order valence-corrected chi connectivity index (χ2v) is 11.3. The molecule has 3 rings (SSSR count). The molecule has 0 aromatic heterocycles. The second kappa shape index (κ2) is 12.3. The molecule has 0 bridgehead atoms. The molecule has 0 radical (unpaired) electrons. The van der Waals surface area contributed by atoms with Gasteiger partial charge in [0.05, 0.1) is 11.9 Å². The maximum atomic E-state index is 13.8. The Bertz CT molecular complexity index is 1220. The zero-order valence-corrected chi connectivity index (χ0v) is 23.0. The molecule has 1 aliphatic rings. The molecule has 2 atom stereocenters. The summed E-state index contributed by atoms with van der Waals surface area (Å²) in [7, 11) is -3.84. The summed E-state index contributed by atoms with van der Waals surface area (Å²) < 4.78 is 37.8. The average Bonchev–Trinajstić information content (AvgIpc) is 2.86. The van der Waals surface area contributed by atoms with Crippen molar-refractivity contribution in [2.45, 2.75) is 59.2 Å². The van der Waals surface area contributed by atoms with E-state index in [0.29, 0.717) is 31.1 Å². The fourth-order valence-corrected chi connectivity index (χ4v) is 5.01. The molecule has 0 unspecified atom stereocenters. The fraction of sp³-hybridized carbons (Fsp3) is 0.481. The molecule has 0 saturated heterocycles. The Labute approximate surface area is 219 Å². The van der Waals surface area contributed by atoms with Gasteiger partial charge in [0, 0.05) is 18.7 Å². The van der Waals surface area contributed by atoms with Crippen molar-refractivity contribution in [3.63, 3.8) is 0 Å². The van der Waals surface area contributed by atoms with Gasteiger partial charge in [-0.25, -0.2) is 8.42 Å². The number of ether oxygens (including phenoxy) is 2. The lowest BCUT2D eigenvalue weighted by Crippen LogP contribution is -2.53. The van der Waals surface area contributed by atoms with E-state index in [-0.39, 0.29) is 24.2 Å². The minimum absolute atomic E-state index is 0.0531. The first-order valence-electron chi connectivity index (χ1n) is 12.6. The zero-order chi connectivity index (χ0) is 27.2. The van der Waals surface area contributed by atoms with Gasteiger partial charge < -0.3 is 19.7 Å². The minimum Gasteiger partial charge on any atom is -0.486 e. The van der Waals surface area contributed by atoms with Gasteiger partial charge in [0.25, 0.3) is 0 Å². The largest absolute Gasteiger partial charge is 0.486 e. The molecule has 0 aliphatic carbocycles. The number of amides is 2. The van der Waals surface area contributed by atoms with Gasteiger partial charge in [-0.1, -0.05) is 43.7 Å². The molecule has 1 heterocycles. The molecule has 37 heavy (non-hydrogen) atoms. The summed E-state index contributed by atoms with van der Waals surface area (Å²) in [6.45, 7) is 8.14. The summed E-state index contributed by atoms with van der Waals surface area (Å²) in [5, 5.41) is 2.97. The van der Waals surface area contributed by atoms with Crippen LogP contribution < -0.4 is 19.1 Å². The number of nitrogens with zero attached hydrogens (tertiary/aromatic N) is 2. The Kier molecular flexibility index (Phi) is 9.42. The molecule has 2 aromatic rings. The zero-order valence-electron chi connectivity index (χ0n) is 22.2. The van der Waals surface area contributed by atoms with Crippen LogP contribution in [0, 0.1) is 6.92 Å². The number of sulfonamides is 1. The van der Waals surface area contributed by atoms with Gasteiger partial charge >= 0.3 is 0 Å². The van der Waals surface area contributed by atoms with Gasteiger partial charge in [0.2, 0.25) is 21.8 Å². The Balaban J connectivity index is 1.95. The predicted octanol–water partition coefficient (Wildman–Crippen LogP) is 3.25. The van der Waals surface area contributed by atoms with Crippen molar-refractivity contribution >= 4 is 27.5 Å². The van der Waals surface area contributed by atoms with Crippen molar-refractivity contribution in [2.75, 3.05) is 30.3 Å². The Hall–Kier alpha value is -3.27. The number of nitrogens with one attached hydrogen (secondary N) is 1. The van der Waals surface area contributed by atoms with Crippen LogP contribution in [0.1, 0.15) is 44.7 Å². The Morgan fingerprint density at radius 1 is 1.03 bits per heavy atom. The molecule has 202 valence electrons. The van der Waals surface area contributed by atoms with E-state index in [1.54, 1.807) is 18.2 Å². The molecule has 2 aromatic carbocycles. The third kappa shape index (κ3) is 7.38. The van der Waals surface area contributed by atoms with E-state index in [2.05, 4.69) is 5.32 Å². The summed E-state index contributed by atoms with van der Waals surface area (Å²) in [6.07, 6.45) is 2.18. The lowest BCUT2D eigenvalue weighted by Gasteiger charge is -2.33. The number of carbonyl (C=O) groups excluding carboxylic acids is 2. The van der Waals surface area contributed by atoms with E-state index in [9.17, 15) is 18.0 Å². The van der Waals surface area contributed by atoms with Crippen LogP contribution in [0.3, 0.4) is 0 Å². The van der Waals surface area contributed by atoms with Gasteiger partial charge in [0.1, 0.15) is 25.8 Å². The SMILES string of the molecule is CC[C@H](C)NC(=O)[C@H](CC)N(Cc1cccc(C)c1)C(=O)CN(c1ccc2c(c1)OCCO2)S(C)(=O)=O. The van der Waals surface area contributed by atoms with E-state index < -0.39 is 28.5 Å². The molecule has 2 amide bonds. The van der Waals surface area contributed by atoms with E-state index in [4.69, 9.17) is 9.47 Å². The average molecular weight is 532 g/mol. The van der Waals surface area contributed by atoms with Crippen molar-refractivity contribution in [2.24, 2.45) is 0 Å². The van der Waals surface area contributed by atoms with E-state index in [1.807, 2.05) is 52.0 Å². The summed E-state index contributed by atoms with van der Waals surface area (Å²) in [5.74, 6) is 0.195. The van der Waals surface area contributed by atoms with Gasteiger partial charge in [-0.3, -0.25) is 13.9 Å². The van der Waals surface area contributed by atoms with Crippen LogP contribution in [0.5, 0.6) is 11.5 Å². The van der Waals surface area contributed by atoms with Crippen LogP contribution in [0.15, 0.2) is 42.5 Å². The van der Waals surface area contributed by atoms with Gasteiger partial charge in [-0.05, 0) is 44.4 Å². The first kappa shape index (κ1) is 28.3. The topological polar surface area (TPSA) is 105 Å². The first-order chi connectivity index (χ1) is 17.5. The standard InChI is InChI=1S/C27H37N3O6S/c1-6-20(4)28-27(32)23(7-2)29(17-21-10-8-9-19(3)15-21)26(31)18-30(37(5,33)34)22-11-12-24-25(16-22)36-14-13-35-24/h8-12,15-16,20,23H,6-7,13-14,17-18H2,1-5H3,(H,28,32)/t20-,23-/m0/s1. The van der Waals surface area contributed by atoms with Crippen LogP contribution in [0.2, 0.25) is 0 Å². The van der Waals surface area contributed by atoms with Crippen molar-refractivity contribution in [1.82, 2.24) is 10.2 Å². The summed E-state index contributed by atoms with van der Waals surface area (Å²) >= 11 is 0. The number of fused-ring (bicyclic) bond motifs is 1. The second-order valence-electron chi connectivity index (χ2n) is 9.35. The van der Waals surface area contributed by atoms with Crippen LogP contribution in [-0.4, -0.2) is 63.2 Å². The van der Waals surface area contributed by atoms with Crippen molar-refractivity contribution < 1.29 is 27.5 Å². The maximum absolute atomic E-state index is 13.8. The van der Waals surface area contributed by atoms with Gasteiger partial charge in [0.15, 0.2) is 11.5 Å². The van der Waals surface area contributed by atoms with Crippen LogP contribution in [-0.2, 0) is 26.2 Å². The van der Waals surface area contributed by atoms with Crippen molar-refractivity contribution in [3.8, 4) is 11.5 Å². The number of hydrogen-bond donors (Lipinski definition) is 1. The van der Waals surface area contributed by atoms with Crippen LogP contribution in [0.4, 0.5) is 5.69 Å². The van der Waals surface area contributed by atoms with E-state index in [0.717, 1.165) is 28.1 Å². The van der Waals surface area contributed by atoms with E-state index in [1.165, 1.54) is 4.90 Å². The highest BCUT2D eigenvalue weighted by Crippen LogP contribution is 2.34. The molecule has 1 aliphatic heterocycles. The normalized spacial score (nSPS) is 14.4. The number of benzene rings is 2. The van der Waals surface area contributed by atoms with Gasteiger partial charge in [-0.2, -0.15) is 0 Å². The molecule has 10 heteroatoms. The fourth-order valence-electron chi connectivity index (χ4n) is 4.17. The van der Waals surface area contributed by atoms with Crippen LogP contribution in [0.25, 0.3) is 0 Å². The summed E-state index contributed by atoms with van der Waals surface area (Å²) in [5.41, 5.74) is 2.16. The Morgan fingerprint density at radius 2 is 1.73 bits per heavy atom. The molecule has 0 saturated carbocycles. The molecule has 0 spiro atoms. The first-order valence-corrected chi connectivity index (χ1v) is 14.4. The quantitative estimate of drug-likeness (QED) is 0.477. The number of aryl methyl sites for hydroxylation is 1. The molecule has 9 nitrogen and oxygen atoms in total. The highest BCUT2D eigenvalue weighted by atomic mass is 32.2. The lowest BCUT2D eigenvalue weighted by molar-refractivity contribution is -0.140. The number of rotatable bonds is 11. The highest BCUT2D eigenvalue weighted by Gasteiger charge is 2.32. The van der Waals surface area contributed by atoms with E-state index >= 15 is 0 Å². The minimum atomic E-state index is -3.84. The third-order valence-corrected chi connectivity index (χ3v) is 7.46. The van der Waals surface area contributed by atoms with Crippen molar-refractivity contribution in [1.29, 1.82) is 0 Å². The maximum Gasteiger partial charge on any atom is 0.244 e. The molecular formula is C27H37N3O6S. The third-order valence-electron chi connectivity index (χ3n) is 6.32. The molecule has 0 fully saturated rings.